The van der Waals surface area contributed by atoms with E-state index in [-0.39, 0.29) is 5.82 Å². The molecule has 1 aromatic heterocycles. The lowest BCUT2D eigenvalue weighted by Gasteiger charge is -2.29. The third kappa shape index (κ3) is 2.72. The van der Waals surface area contributed by atoms with Gasteiger partial charge in [0.05, 0.1) is 5.69 Å². The van der Waals surface area contributed by atoms with E-state index in [2.05, 4.69) is 5.10 Å². The van der Waals surface area contributed by atoms with E-state index in [9.17, 15) is 4.39 Å². The minimum atomic E-state index is -0.653. The summed E-state index contributed by atoms with van der Waals surface area (Å²) in [6, 6.07) is 6.44. The van der Waals surface area contributed by atoms with Crippen molar-refractivity contribution in [1.82, 2.24) is 9.78 Å². The number of hydrogen-bond donors (Lipinski definition) is 1. The molecule has 2 N–H and O–H groups in total. The second kappa shape index (κ2) is 5.54. The fourth-order valence-electron chi connectivity index (χ4n) is 2.42. The van der Waals surface area contributed by atoms with Gasteiger partial charge in [-0.15, -0.1) is 0 Å². The maximum atomic E-state index is 13.4. The highest BCUT2D eigenvalue weighted by Crippen LogP contribution is 2.31. The fraction of sp³-hybridized carbons (Fsp3) is 0.400. The third-order valence-corrected chi connectivity index (χ3v) is 4.27. The molecule has 1 heterocycles. The molecule has 0 saturated heterocycles. The van der Waals surface area contributed by atoms with E-state index in [1.165, 1.54) is 12.1 Å². The number of aryl methyl sites for hydroxylation is 2. The van der Waals surface area contributed by atoms with Crippen LogP contribution >= 0.6 is 11.6 Å². The van der Waals surface area contributed by atoms with Crippen molar-refractivity contribution in [3.63, 3.8) is 0 Å². The second-order valence-corrected chi connectivity index (χ2v) is 5.53. The normalized spacial score (nSPS) is 14.3. The zero-order valence-corrected chi connectivity index (χ0v) is 12.7. The Kier molecular flexibility index (Phi) is 4.16. The highest BCUT2D eigenvalue weighted by Gasteiger charge is 2.29. The van der Waals surface area contributed by atoms with Crippen molar-refractivity contribution in [2.45, 2.75) is 32.2 Å². The third-order valence-electron chi connectivity index (χ3n) is 3.79. The molecule has 0 aliphatic rings. The maximum absolute atomic E-state index is 13.4. The quantitative estimate of drug-likeness (QED) is 0.940. The number of halogens is 2. The molecule has 1 aromatic carbocycles. The van der Waals surface area contributed by atoms with Gasteiger partial charge in [-0.3, -0.25) is 4.68 Å². The van der Waals surface area contributed by atoms with Crippen LogP contribution in [0.5, 0.6) is 0 Å². The van der Waals surface area contributed by atoms with Gasteiger partial charge in [0.25, 0.3) is 0 Å². The SMILES string of the molecule is CCC(N)(Cc1c(C)nn(C)c1Cl)c1cccc(F)c1. The minimum absolute atomic E-state index is 0.278. The van der Waals surface area contributed by atoms with E-state index < -0.39 is 5.54 Å². The molecule has 0 spiro atoms. The molecular formula is C15H19ClFN3. The summed E-state index contributed by atoms with van der Waals surface area (Å²) in [5.74, 6) is -0.278. The van der Waals surface area contributed by atoms with Crippen molar-refractivity contribution >= 4 is 11.6 Å². The molecular weight excluding hydrogens is 277 g/mol. The molecule has 20 heavy (non-hydrogen) atoms. The monoisotopic (exact) mass is 295 g/mol. The van der Waals surface area contributed by atoms with Gasteiger partial charge in [-0.2, -0.15) is 5.10 Å². The van der Waals surface area contributed by atoms with Gasteiger partial charge in [0.15, 0.2) is 0 Å². The highest BCUT2D eigenvalue weighted by atomic mass is 35.5. The summed E-state index contributed by atoms with van der Waals surface area (Å²) in [7, 11) is 1.80. The molecule has 0 bridgehead atoms. The van der Waals surface area contributed by atoms with E-state index in [0.29, 0.717) is 18.0 Å². The number of nitrogens with zero attached hydrogens (tertiary/aromatic N) is 2. The molecule has 0 radical (unpaired) electrons. The number of hydrogen-bond acceptors (Lipinski definition) is 2. The van der Waals surface area contributed by atoms with Crippen molar-refractivity contribution in [2.24, 2.45) is 12.8 Å². The van der Waals surface area contributed by atoms with Crippen LogP contribution in [0.3, 0.4) is 0 Å². The molecule has 0 fully saturated rings. The smallest absolute Gasteiger partial charge is 0.130 e. The van der Waals surface area contributed by atoms with Crippen LogP contribution in [0.25, 0.3) is 0 Å². The lowest BCUT2D eigenvalue weighted by molar-refractivity contribution is 0.421. The van der Waals surface area contributed by atoms with Crippen molar-refractivity contribution in [3.05, 3.63) is 52.1 Å². The number of benzene rings is 1. The highest BCUT2D eigenvalue weighted by molar-refractivity contribution is 6.30. The Morgan fingerprint density at radius 1 is 1.45 bits per heavy atom. The molecule has 0 amide bonds. The van der Waals surface area contributed by atoms with Gasteiger partial charge in [0, 0.05) is 18.2 Å². The van der Waals surface area contributed by atoms with E-state index in [4.69, 9.17) is 17.3 Å². The lowest BCUT2D eigenvalue weighted by atomic mass is 9.82. The van der Waals surface area contributed by atoms with E-state index >= 15 is 0 Å². The molecule has 0 aliphatic heterocycles. The Balaban J connectivity index is 2.41. The standard InChI is InChI=1S/C15H19ClFN3/c1-4-15(18,11-6-5-7-12(17)8-11)9-13-10(2)19-20(3)14(13)16/h5-8H,4,9,18H2,1-3H3. The van der Waals surface area contributed by atoms with Gasteiger partial charge >= 0.3 is 0 Å². The number of nitrogens with two attached hydrogens (primary N) is 1. The van der Waals surface area contributed by atoms with Crippen LogP contribution in [-0.2, 0) is 19.0 Å². The Labute approximate surface area is 123 Å². The fourth-order valence-corrected chi connectivity index (χ4v) is 2.66. The van der Waals surface area contributed by atoms with Crippen LogP contribution in [0.15, 0.2) is 24.3 Å². The first kappa shape index (κ1) is 15.0. The van der Waals surface area contributed by atoms with Crippen molar-refractivity contribution in [1.29, 1.82) is 0 Å². The van der Waals surface area contributed by atoms with Crippen molar-refractivity contribution < 1.29 is 4.39 Å². The van der Waals surface area contributed by atoms with Crippen LogP contribution in [0.4, 0.5) is 4.39 Å². The summed E-state index contributed by atoms with van der Waals surface area (Å²) < 4.78 is 15.1. The van der Waals surface area contributed by atoms with Gasteiger partial charge in [0.2, 0.25) is 0 Å². The lowest BCUT2D eigenvalue weighted by Crippen LogP contribution is -2.38. The summed E-state index contributed by atoms with van der Waals surface area (Å²) in [6.07, 6.45) is 1.21. The average Bonchev–Trinajstić information content (AvgIpc) is 2.65. The molecule has 108 valence electrons. The van der Waals surface area contributed by atoms with Gasteiger partial charge in [-0.05, 0) is 37.5 Å². The Morgan fingerprint density at radius 3 is 2.65 bits per heavy atom. The van der Waals surface area contributed by atoms with Crippen LogP contribution < -0.4 is 5.73 Å². The first-order valence-corrected chi connectivity index (χ1v) is 6.98. The van der Waals surface area contributed by atoms with Gasteiger partial charge in [0.1, 0.15) is 11.0 Å². The molecule has 2 aromatic rings. The van der Waals surface area contributed by atoms with E-state index in [1.807, 2.05) is 19.9 Å². The molecule has 0 saturated carbocycles. The minimum Gasteiger partial charge on any atom is -0.321 e. The summed E-state index contributed by atoms with van der Waals surface area (Å²) in [5.41, 5.74) is 8.41. The first-order chi connectivity index (χ1) is 9.37. The Bertz CT molecular complexity index is 624. The van der Waals surface area contributed by atoms with Gasteiger partial charge in [-0.25, -0.2) is 4.39 Å². The zero-order chi connectivity index (χ0) is 14.9. The van der Waals surface area contributed by atoms with Crippen LogP contribution in [0.1, 0.15) is 30.2 Å². The van der Waals surface area contributed by atoms with Crippen molar-refractivity contribution in [2.75, 3.05) is 0 Å². The summed E-state index contributed by atoms with van der Waals surface area (Å²) >= 11 is 6.27. The van der Waals surface area contributed by atoms with Gasteiger partial charge < -0.3 is 5.73 Å². The predicted octanol–water partition coefficient (Wildman–Crippen LogP) is 3.33. The summed E-state index contributed by atoms with van der Waals surface area (Å²) in [5, 5.41) is 4.88. The summed E-state index contributed by atoms with van der Waals surface area (Å²) in [4.78, 5) is 0. The summed E-state index contributed by atoms with van der Waals surface area (Å²) in [6.45, 7) is 3.90. The first-order valence-electron chi connectivity index (χ1n) is 6.60. The van der Waals surface area contributed by atoms with Crippen molar-refractivity contribution in [3.8, 4) is 0 Å². The zero-order valence-electron chi connectivity index (χ0n) is 12.0. The Morgan fingerprint density at radius 2 is 2.15 bits per heavy atom. The molecule has 5 heteroatoms. The average molecular weight is 296 g/mol. The molecule has 2 rings (SSSR count). The van der Waals surface area contributed by atoms with Crippen LogP contribution in [-0.4, -0.2) is 9.78 Å². The maximum Gasteiger partial charge on any atom is 0.130 e. The van der Waals surface area contributed by atoms with Crippen LogP contribution in [0, 0.1) is 12.7 Å². The largest absolute Gasteiger partial charge is 0.321 e. The topological polar surface area (TPSA) is 43.8 Å². The Hall–Kier alpha value is -1.39. The van der Waals surface area contributed by atoms with Crippen LogP contribution in [0.2, 0.25) is 5.15 Å². The van der Waals surface area contributed by atoms with E-state index in [0.717, 1.165) is 16.8 Å². The van der Waals surface area contributed by atoms with E-state index in [1.54, 1.807) is 17.8 Å². The van der Waals surface area contributed by atoms with Gasteiger partial charge in [-0.1, -0.05) is 30.7 Å². The number of aromatic nitrogens is 2. The molecule has 3 nitrogen and oxygen atoms in total. The molecule has 1 atom stereocenters. The number of rotatable bonds is 4. The second-order valence-electron chi connectivity index (χ2n) is 5.18. The molecule has 0 aliphatic carbocycles. The predicted molar refractivity (Wildman–Crippen MR) is 79.2 cm³/mol. The molecule has 1 unspecified atom stereocenters.